The van der Waals surface area contributed by atoms with Crippen LogP contribution in [0.15, 0.2) is 18.2 Å². The number of hydrogen-bond donors (Lipinski definition) is 0. The summed E-state index contributed by atoms with van der Waals surface area (Å²) in [7, 11) is 0. The molecule has 0 aliphatic carbocycles. The van der Waals surface area contributed by atoms with Crippen LogP contribution in [-0.2, 0) is 4.74 Å². The van der Waals surface area contributed by atoms with E-state index in [1.165, 1.54) is 0 Å². The van der Waals surface area contributed by atoms with Gasteiger partial charge in [-0.05, 0) is 46.2 Å². The summed E-state index contributed by atoms with van der Waals surface area (Å²) >= 11 is 0. The van der Waals surface area contributed by atoms with E-state index in [2.05, 4.69) is 5.92 Å². The zero-order chi connectivity index (χ0) is 18.8. The molecule has 1 fully saturated rings. The Morgan fingerprint density at radius 3 is 2.52 bits per heavy atom. The van der Waals surface area contributed by atoms with Gasteiger partial charge < -0.3 is 14.5 Å². The van der Waals surface area contributed by atoms with Crippen molar-refractivity contribution in [3.8, 4) is 12.3 Å². The summed E-state index contributed by atoms with van der Waals surface area (Å²) in [4.78, 5) is 28.6. The fraction of sp³-hybridized carbons (Fsp3) is 0.500. The minimum absolute atomic E-state index is 0.0904. The van der Waals surface area contributed by atoms with Crippen molar-refractivity contribution in [2.75, 3.05) is 19.6 Å². The van der Waals surface area contributed by atoms with E-state index in [9.17, 15) is 9.59 Å². The number of aryl methyl sites for hydroxylation is 1. The Bertz CT molecular complexity index is 713. The van der Waals surface area contributed by atoms with Crippen molar-refractivity contribution in [3.63, 3.8) is 0 Å². The third kappa shape index (κ3) is 4.33. The highest BCUT2D eigenvalue weighted by Crippen LogP contribution is 2.20. The molecule has 1 saturated heterocycles. The van der Waals surface area contributed by atoms with E-state index in [1.54, 1.807) is 15.9 Å². The first-order valence-corrected chi connectivity index (χ1v) is 8.49. The molecule has 5 nitrogen and oxygen atoms in total. The number of hydrogen-bond acceptors (Lipinski definition) is 3. The van der Waals surface area contributed by atoms with Crippen molar-refractivity contribution in [2.24, 2.45) is 0 Å². The molecule has 25 heavy (non-hydrogen) atoms. The van der Waals surface area contributed by atoms with Crippen LogP contribution in [0.1, 0.15) is 49.2 Å². The highest BCUT2D eigenvalue weighted by atomic mass is 16.6. The van der Waals surface area contributed by atoms with Crippen molar-refractivity contribution < 1.29 is 14.3 Å². The van der Waals surface area contributed by atoms with E-state index in [-0.39, 0.29) is 18.0 Å². The zero-order valence-electron chi connectivity index (χ0n) is 15.6. The van der Waals surface area contributed by atoms with Crippen LogP contribution >= 0.6 is 0 Å². The largest absolute Gasteiger partial charge is 0.444 e. The maximum atomic E-state index is 12.9. The van der Waals surface area contributed by atoms with Crippen molar-refractivity contribution in [1.29, 1.82) is 0 Å². The van der Waals surface area contributed by atoms with Gasteiger partial charge in [-0.1, -0.05) is 18.1 Å². The van der Waals surface area contributed by atoms with E-state index in [1.807, 2.05) is 46.8 Å². The smallest absolute Gasteiger partial charge is 0.410 e. The molecule has 0 aromatic heterocycles. The molecule has 1 heterocycles. The number of benzene rings is 1. The average Bonchev–Trinajstić information content (AvgIpc) is 2.52. The SMILES string of the molecule is C#Cc1c(C)cccc1C(=O)N1CCN(C(=O)OC(C)(C)C)[C@H](C)C1. The maximum Gasteiger partial charge on any atom is 0.410 e. The zero-order valence-corrected chi connectivity index (χ0v) is 15.6. The molecule has 1 aliphatic heterocycles. The Hall–Kier alpha value is -2.48. The molecule has 1 atom stereocenters. The minimum Gasteiger partial charge on any atom is -0.444 e. The van der Waals surface area contributed by atoms with Crippen LogP contribution in [-0.4, -0.2) is 53.1 Å². The first-order valence-electron chi connectivity index (χ1n) is 8.49. The van der Waals surface area contributed by atoms with Gasteiger partial charge in [-0.3, -0.25) is 4.79 Å². The van der Waals surface area contributed by atoms with Gasteiger partial charge in [0.25, 0.3) is 5.91 Å². The minimum atomic E-state index is -0.535. The summed E-state index contributed by atoms with van der Waals surface area (Å²) in [5.74, 6) is 2.53. The monoisotopic (exact) mass is 342 g/mol. The highest BCUT2D eigenvalue weighted by molar-refractivity contribution is 5.97. The first-order chi connectivity index (χ1) is 11.6. The lowest BCUT2D eigenvalue weighted by molar-refractivity contribution is 0.00198. The van der Waals surface area contributed by atoms with Crippen LogP contribution in [0, 0.1) is 19.3 Å². The van der Waals surface area contributed by atoms with E-state index < -0.39 is 5.60 Å². The van der Waals surface area contributed by atoms with Gasteiger partial charge in [0.2, 0.25) is 0 Å². The molecule has 0 unspecified atom stereocenters. The quantitative estimate of drug-likeness (QED) is 0.737. The van der Waals surface area contributed by atoms with Crippen molar-refractivity contribution in [2.45, 2.75) is 46.3 Å². The van der Waals surface area contributed by atoms with Crippen molar-refractivity contribution in [1.82, 2.24) is 9.80 Å². The number of terminal acetylenes is 1. The fourth-order valence-corrected chi connectivity index (χ4v) is 2.94. The Morgan fingerprint density at radius 1 is 1.28 bits per heavy atom. The third-order valence-corrected chi connectivity index (χ3v) is 4.19. The lowest BCUT2D eigenvalue weighted by Gasteiger charge is -2.40. The summed E-state index contributed by atoms with van der Waals surface area (Å²) in [5.41, 5.74) is 1.55. The second-order valence-corrected chi connectivity index (χ2v) is 7.42. The molecule has 1 aliphatic rings. The van der Waals surface area contributed by atoms with Crippen LogP contribution in [0.5, 0.6) is 0 Å². The summed E-state index contributed by atoms with van der Waals surface area (Å²) in [5, 5.41) is 0. The van der Waals surface area contributed by atoms with Crippen LogP contribution < -0.4 is 0 Å². The topological polar surface area (TPSA) is 49.9 Å². The maximum absolute atomic E-state index is 12.9. The van der Waals surface area contributed by atoms with Crippen LogP contribution in [0.4, 0.5) is 4.79 Å². The van der Waals surface area contributed by atoms with Gasteiger partial charge in [0.15, 0.2) is 0 Å². The molecule has 134 valence electrons. The third-order valence-electron chi connectivity index (χ3n) is 4.19. The highest BCUT2D eigenvalue weighted by Gasteiger charge is 2.33. The second kappa shape index (κ2) is 7.18. The number of carbonyl (C=O) groups excluding carboxylic acids is 2. The molecule has 0 radical (unpaired) electrons. The average molecular weight is 342 g/mol. The normalized spacial score (nSPS) is 17.8. The molecule has 0 saturated carbocycles. The van der Waals surface area contributed by atoms with E-state index in [4.69, 9.17) is 11.2 Å². The molecule has 0 spiro atoms. The van der Waals surface area contributed by atoms with Gasteiger partial charge in [0.05, 0.1) is 5.56 Å². The lowest BCUT2D eigenvalue weighted by Crippen LogP contribution is -2.56. The molecule has 2 rings (SSSR count). The molecule has 2 amide bonds. The Morgan fingerprint density at radius 2 is 1.96 bits per heavy atom. The molecule has 1 aromatic carbocycles. The van der Waals surface area contributed by atoms with Crippen molar-refractivity contribution in [3.05, 3.63) is 34.9 Å². The van der Waals surface area contributed by atoms with Crippen LogP contribution in [0.2, 0.25) is 0 Å². The van der Waals surface area contributed by atoms with Gasteiger partial charge >= 0.3 is 6.09 Å². The van der Waals surface area contributed by atoms with E-state index in [0.717, 1.165) is 5.56 Å². The van der Waals surface area contributed by atoms with Crippen LogP contribution in [0.3, 0.4) is 0 Å². The summed E-state index contributed by atoms with van der Waals surface area (Å²) < 4.78 is 5.44. The number of piperazine rings is 1. The predicted molar refractivity (Wildman–Crippen MR) is 97.4 cm³/mol. The number of amides is 2. The number of nitrogens with zero attached hydrogens (tertiary/aromatic N) is 2. The standard InChI is InChI=1S/C20H26N2O3/c1-7-16-14(2)9-8-10-17(16)18(23)21-11-12-22(15(3)13-21)19(24)25-20(4,5)6/h1,8-10,15H,11-13H2,2-6H3/t15-/m1/s1. The molecular formula is C20H26N2O3. The molecular weight excluding hydrogens is 316 g/mol. The molecule has 0 N–H and O–H groups in total. The second-order valence-electron chi connectivity index (χ2n) is 7.42. The summed E-state index contributed by atoms with van der Waals surface area (Å²) in [6.07, 6.45) is 5.24. The molecule has 1 aromatic rings. The van der Waals surface area contributed by atoms with Gasteiger partial charge in [-0.15, -0.1) is 6.42 Å². The van der Waals surface area contributed by atoms with Crippen LogP contribution in [0.25, 0.3) is 0 Å². The number of ether oxygens (including phenoxy) is 1. The Balaban J connectivity index is 2.11. The summed E-state index contributed by atoms with van der Waals surface area (Å²) in [6, 6.07) is 5.38. The molecule has 0 bridgehead atoms. The lowest BCUT2D eigenvalue weighted by atomic mass is 10.0. The van der Waals surface area contributed by atoms with E-state index in [0.29, 0.717) is 30.8 Å². The van der Waals surface area contributed by atoms with Crippen molar-refractivity contribution >= 4 is 12.0 Å². The van der Waals surface area contributed by atoms with Gasteiger partial charge in [0.1, 0.15) is 5.60 Å². The first kappa shape index (κ1) is 18.9. The number of carbonyl (C=O) groups is 2. The molecule has 5 heteroatoms. The van der Waals surface area contributed by atoms with Gasteiger partial charge in [0, 0.05) is 31.2 Å². The van der Waals surface area contributed by atoms with E-state index >= 15 is 0 Å². The fourth-order valence-electron chi connectivity index (χ4n) is 2.94. The van der Waals surface area contributed by atoms with Gasteiger partial charge in [-0.2, -0.15) is 0 Å². The predicted octanol–water partition coefficient (Wildman–Crippen LogP) is 3.06. The summed E-state index contributed by atoms with van der Waals surface area (Å²) in [6.45, 7) is 10.7. The Labute approximate surface area is 149 Å². The number of rotatable bonds is 1. The van der Waals surface area contributed by atoms with Gasteiger partial charge in [-0.25, -0.2) is 4.79 Å². The Kier molecular flexibility index (Phi) is 5.42.